The summed E-state index contributed by atoms with van der Waals surface area (Å²) in [4.78, 5) is 10.1. The molecule has 3 nitrogen and oxygen atoms in total. The zero-order valence-electron chi connectivity index (χ0n) is 6.06. The Morgan fingerprint density at radius 3 is 2.45 bits per heavy atom. The fourth-order valence-electron chi connectivity index (χ4n) is 1.10. The Bertz CT molecular complexity index is 193. The van der Waals surface area contributed by atoms with Crippen molar-refractivity contribution >= 4 is 5.97 Å². The molecule has 0 atom stereocenters. The highest BCUT2D eigenvalue weighted by Gasteiger charge is 2.15. The van der Waals surface area contributed by atoms with Crippen LogP contribution >= 0.6 is 0 Å². The number of carboxylic acids is 1. The molecule has 11 heavy (non-hydrogen) atoms. The van der Waals surface area contributed by atoms with E-state index in [2.05, 4.69) is 5.32 Å². The second kappa shape index (κ2) is 3.48. The van der Waals surface area contributed by atoms with Crippen molar-refractivity contribution < 1.29 is 14.3 Å². The molecule has 4 heteroatoms. The van der Waals surface area contributed by atoms with Crippen LogP contribution in [0.2, 0.25) is 0 Å². The van der Waals surface area contributed by atoms with E-state index >= 15 is 0 Å². The highest BCUT2D eigenvalue weighted by molar-refractivity contribution is 5.84. The lowest BCUT2D eigenvalue weighted by atomic mass is 10.0. The first kappa shape index (κ1) is 8.20. The first-order valence-electron chi connectivity index (χ1n) is 3.53. The molecule has 62 valence electrons. The molecule has 1 rings (SSSR count). The Morgan fingerprint density at radius 1 is 1.45 bits per heavy atom. The quantitative estimate of drug-likeness (QED) is 0.553. The molecule has 0 bridgehead atoms. The maximum Gasteiger partial charge on any atom is 0.364 e. The average molecular weight is 159 g/mol. The topological polar surface area (TPSA) is 49.3 Å². The van der Waals surface area contributed by atoms with Crippen LogP contribution in [-0.4, -0.2) is 24.2 Å². The number of piperidine rings is 1. The van der Waals surface area contributed by atoms with Gasteiger partial charge in [0.1, 0.15) is 0 Å². The van der Waals surface area contributed by atoms with Gasteiger partial charge >= 0.3 is 5.97 Å². The van der Waals surface area contributed by atoms with E-state index in [9.17, 15) is 9.18 Å². The molecule has 0 saturated carbocycles. The monoisotopic (exact) mass is 159 g/mol. The molecule has 1 aliphatic rings. The fraction of sp³-hybridized carbons (Fsp3) is 0.571. The molecule has 0 spiro atoms. The van der Waals surface area contributed by atoms with Crippen LogP contribution in [-0.2, 0) is 4.79 Å². The summed E-state index contributed by atoms with van der Waals surface area (Å²) in [5.41, 5.74) is 0.427. The third kappa shape index (κ3) is 2.01. The normalized spacial score (nSPS) is 18.1. The highest BCUT2D eigenvalue weighted by Crippen LogP contribution is 2.16. The van der Waals surface area contributed by atoms with Crippen molar-refractivity contribution in [3.63, 3.8) is 0 Å². The van der Waals surface area contributed by atoms with Gasteiger partial charge in [-0.3, -0.25) is 0 Å². The summed E-state index contributed by atoms with van der Waals surface area (Å²) in [5.74, 6) is -2.41. The number of nitrogens with one attached hydrogen (secondary N) is 1. The second-order valence-corrected chi connectivity index (χ2v) is 2.47. The van der Waals surface area contributed by atoms with Gasteiger partial charge in [-0.1, -0.05) is 0 Å². The van der Waals surface area contributed by atoms with Crippen molar-refractivity contribution in [2.45, 2.75) is 12.8 Å². The molecule has 0 aliphatic carbocycles. The maximum absolute atomic E-state index is 12.7. The van der Waals surface area contributed by atoms with Crippen LogP contribution in [0.3, 0.4) is 0 Å². The van der Waals surface area contributed by atoms with Crippen molar-refractivity contribution in [3.05, 3.63) is 11.4 Å². The number of carboxylic acid groups (broad SMARTS) is 1. The third-order valence-electron chi connectivity index (χ3n) is 1.71. The molecular formula is C7H10FNO2. The van der Waals surface area contributed by atoms with Crippen molar-refractivity contribution in [2.24, 2.45) is 0 Å². The maximum atomic E-state index is 12.7. The van der Waals surface area contributed by atoms with Crippen LogP contribution in [0.1, 0.15) is 12.8 Å². The second-order valence-electron chi connectivity index (χ2n) is 2.47. The lowest BCUT2D eigenvalue weighted by Gasteiger charge is -2.14. The average Bonchev–Trinajstić information content (AvgIpc) is 2.05. The number of rotatable bonds is 1. The van der Waals surface area contributed by atoms with Crippen molar-refractivity contribution in [1.29, 1.82) is 0 Å². The largest absolute Gasteiger partial charge is 0.476 e. The Labute approximate surface area is 63.9 Å². The first-order chi connectivity index (χ1) is 5.22. The molecule has 0 radical (unpaired) electrons. The first-order valence-corrected chi connectivity index (χ1v) is 3.53. The molecule has 1 aliphatic heterocycles. The van der Waals surface area contributed by atoms with E-state index < -0.39 is 11.8 Å². The number of aliphatic carboxylic acids is 1. The summed E-state index contributed by atoms with van der Waals surface area (Å²) in [6.07, 6.45) is 1.02. The van der Waals surface area contributed by atoms with Crippen molar-refractivity contribution in [3.8, 4) is 0 Å². The van der Waals surface area contributed by atoms with Crippen molar-refractivity contribution in [2.75, 3.05) is 13.1 Å². The number of halogens is 1. The van der Waals surface area contributed by atoms with E-state index in [4.69, 9.17) is 5.11 Å². The minimum Gasteiger partial charge on any atom is -0.476 e. The molecular weight excluding hydrogens is 149 g/mol. The van der Waals surface area contributed by atoms with Gasteiger partial charge in [-0.05, 0) is 31.5 Å². The van der Waals surface area contributed by atoms with Crippen LogP contribution in [0.5, 0.6) is 0 Å². The minimum absolute atomic E-state index is 0.427. The predicted molar refractivity (Wildman–Crippen MR) is 37.9 cm³/mol. The number of carbonyl (C=O) groups is 1. The van der Waals surface area contributed by atoms with Crippen LogP contribution in [0.15, 0.2) is 11.4 Å². The van der Waals surface area contributed by atoms with Gasteiger partial charge < -0.3 is 10.4 Å². The van der Waals surface area contributed by atoms with Gasteiger partial charge in [-0.25, -0.2) is 4.79 Å². The molecule has 0 aromatic rings. The SMILES string of the molecule is O=C(O)C(F)=C1CCNCC1. The molecule has 1 saturated heterocycles. The number of hydrogen-bond donors (Lipinski definition) is 2. The molecule has 0 aromatic carbocycles. The van der Waals surface area contributed by atoms with E-state index in [-0.39, 0.29) is 0 Å². The summed E-state index contributed by atoms with van der Waals surface area (Å²) in [6, 6.07) is 0. The van der Waals surface area contributed by atoms with Gasteiger partial charge in [0, 0.05) is 0 Å². The molecule has 2 N–H and O–H groups in total. The van der Waals surface area contributed by atoms with Crippen molar-refractivity contribution in [1.82, 2.24) is 5.32 Å². The van der Waals surface area contributed by atoms with Gasteiger partial charge in [0.15, 0.2) is 0 Å². The Hall–Kier alpha value is -0.900. The highest BCUT2D eigenvalue weighted by atomic mass is 19.1. The Balaban J connectivity index is 2.68. The lowest BCUT2D eigenvalue weighted by molar-refractivity contribution is -0.134. The molecule has 0 unspecified atom stereocenters. The van der Waals surface area contributed by atoms with Gasteiger partial charge in [0.05, 0.1) is 0 Å². The summed E-state index contributed by atoms with van der Waals surface area (Å²) >= 11 is 0. The fourth-order valence-corrected chi connectivity index (χ4v) is 1.10. The van der Waals surface area contributed by atoms with E-state index in [1.165, 1.54) is 0 Å². The molecule has 1 heterocycles. The van der Waals surface area contributed by atoms with Gasteiger partial charge in [-0.15, -0.1) is 0 Å². The Morgan fingerprint density at radius 2 is 2.00 bits per heavy atom. The summed E-state index contributed by atoms with van der Waals surface area (Å²) in [5, 5.41) is 11.3. The van der Waals surface area contributed by atoms with Crippen LogP contribution in [0.25, 0.3) is 0 Å². The lowest BCUT2D eigenvalue weighted by Crippen LogP contribution is -2.24. The molecule has 0 aromatic heterocycles. The summed E-state index contributed by atoms with van der Waals surface area (Å²) in [6.45, 7) is 1.35. The summed E-state index contributed by atoms with van der Waals surface area (Å²) < 4.78 is 12.7. The summed E-state index contributed by atoms with van der Waals surface area (Å²) in [7, 11) is 0. The van der Waals surface area contributed by atoms with Crippen LogP contribution in [0.4, 0.5) is 4.39 Å². The zero-order chi connectivity index (χ0) is 8.27. The van der Waals surface area contributed by atoms with Gasteiger partial charge in [0.2, 0.25) is 5.83 Å². The Kier molecular flexibility index (Phi) is 2.59. The minimum atomic E-state index is -1.44. The zero-order valence-corrected chi connectivity index (χ0v) is 6.06. The smallest absolute Gasteiger partial charge is 0.364 e. The van der Waals surface area contributed by atoms with Gasteiger partial charge in [-0.2, -0.15) is 4.39 Å². The molecule has 0 amide bonds. The van der Waals surface area contributed by atoms with E-state index in [0.29, 0.717) is 31.5 Å². The van der Waals surface area contributed by atoms with E-state index in [0.717, 1.165) is 0 Å². The third-order valence-corrected chi connectivity index (χ3v) is 1.71. The predicted octanol–water partition coefficient (Wildman–Crippen LogP) is 0.678. The van der Waals surface area contributed by atoms with E-state index in [1.54, 1.807) is 0 Å². The van der Waals surface area contributed by atoms with Crippen LogP contribution < -0.4 is 5.32 Å². The van der Waals surface area contributed by atoms with Crippen LogP contribution in [0, 0.1) is 0 Å². The number of hydrogen-bond acceptors (Lipinski definition) is 2. The van der Waals surface area contributed by atoms with E-state index in [1.807, 2.05) is 0 Å². The standard InChI is InChI=1S/C7H10FNO2/c8-6(7(10)11)5-1-3-9-4-2-5/h9H,1-4H2,(H,10,11). The molecule has 1 fully saturated rings. The van der Waals surface area contributed by atoms with Gasteiger partial charge in [0.25, 0.3) is 0 Å².